The molecule has 0 saturated heterocycles. The Morgan fingerprint density at radius 3 is 2.75 bits per heavy atom. The first kappa shape index (κ1) is 13.2. The van der Waals surface area contributed by atoms with Crippen LogP contribution in [0.1, 0.15) is 28.2 Å². The minimum absolute atomic E-state index is 0.0160. The predicted octanol–water partition coefficient (Wildman–Crippen LogP) is 1.87. The van der Waals surface area contributed by atoms with Crippen molar-refractivity contribution in [2.24, 2.45) is 5.73 Å². The van der Waals surface area contributed by atoms with E-state index >= 15 is 0 Å². The Balaban J connectivity index is 3.32. The second-order valence-electron chi connectivity index (χ2n) is 2.85. The fraction of sp³-hybridized carbons (Fsp3) is 0.333. The molecule has 0 aliphatic carbocycles. The van der Waals surface area contributed by atoms with Crippen LogP contribution >= 0.6 is 22.6 Å². The summed E-state index contributed by atoms with van der Waals surface area (Å²) in [6.07, 6.45) is -2.66. The van der Waals surface area contributed by atoms with Gasteiger partial charge in [-0.2, -0.15) is 0 Å². The van der Waals surface area contributed by atoms with Crippen molar-refractivity contribution in [3.63, 3.8) is 0 Å². The first-order chi connectivity index (χ1) is 7.51. The zero-order valence-corrected chi connectivity index (χ0v) is 10.5. The molecule has 0 atom stereocenters. The SMILES string of the molecule is COC(=O)c1cc(I)c(C(F)F)c(CN)n1. The number of alkyl halides is 2. The van der Waals surface area contributed by atoms with Crippen LogP contribution in [0.3, 0.4) is 0 Å². The molecule has 0 aliphatic rings. The summed E-state index contributed by atoms with van der Waals surface area (Å²) in [4.78, 5) is 15.0. The summed E-state index contributed by atoms with van der Waals surface area (Å²) in [6.45, 7) is -0.152. The number of nitrogens with zero attached hydrogens (tertiary/aromatic N) is 1. The van der Waals surface area contributed by atoms with Crippen LogP contribution in [0.2, 0.25) is 0 Å². The van der Waals surface area contributed by atoms with Gasteiger partial charge in [-0.3, -0.25) is 0 Å². The summed E-state index contributed by atoms with van der Waals surface area (Å²) in [6, 6.07) is 1.26. The van der Waals surface area contributed by atoms with E-state index in [4.69, 9.17) is 5.73 Å². The number of ether oxygens (including phenoxy) is 1. The fourth-order valence-corrected chi connectivity index (χ4v) is 2.01. The second-order valence-corrected chi connectivity index (χ2v) is 4.01. The van der Waals surface area contributed by atoms with Gasteiger partial charge in [-0.1, -0.05) is 0 Å². The molecule has 2 N–H and O–H groups in total. The number of aromatic nitrogens is 1. The molecule has 7 heteroatoms. The van der Waals surface area contributed by atoms with Crippen LogP contribution in [0.25, 0.3) is 0 Å². The Morgan fingerprint density at radius 1 is 1.69 bits per heavy atom. The van der Waals surface area contributed by atoms with Crippen molar-refractivity contribution in [2.45, 2.75) is 13.0 Å². The lowest BCUT2D eigenvalue weighted by molar-refractivity contribution is 0.0593. The van der Waals surface area contributed by atoms with Gasteiger partial charge in [0.2, 0.25) is 0 Å². The summed E-state index contributed by atoms with van der Waals surface area (Å²) in [7, 11) is 1.19. The van der Waals surface area contributed by atoms with Gasteiger partial charge in [0.05, 0.1) is 18.4 Å². The minimum atomic E-state index is -2.66. The van der Waals surface area contributed by atoms with Crippen LogP contribution in [0.5, 0.6) is 0 Å². The summed E-state index contributed by atoms with van der Waals surface area (Å²) in [5, 5.41) is 0. The molecule has 0 amide bonds. The Kier molecular flexibility index (Phi) is 4.54. The lowest BCUT2D eigenvalue weighted by Gasteiger charge is -2.10. The van der Waals surface area contributed by atoms with Gasteiger partial charge in [-0.05, 0) is 28.7 Å². The highest BCUT2D eigenvalue weighted by molar-refractivity contribution is 14.1. The monoisotopic (exact) mass is 342 g/mol. The maximum atomic E-state index is 12.7. The van der Waals surface area contributed by atoms with E-state index in [1.165, 1.54) is 13.2 Å². The largest absolute Gasteiger partial charge is 0.464 e. The Bertz CT molecular complexity index is 413. The highest BCUT2D eigenvalue weighted by Crippen LogP contribution is 2.27. The molecule has 0 spiro atoms. The van der Waals surface area contributed by atoms with Crippen molar-refractivity contribution in [3.8, 4) is 0 Å². The summed E-state index contributed by atoms with van der Waals surface area (Å²) < 4.78 is 30.1. The molecule has 0 aliphatic heterocycles. The molecule has 0 unspecified atom stereocenters. The van der Waals surface area contributed by atoms with Crippen LogP contribution < -0.4 is 5.73 Å². The normalized spacial score (nSPS) is 10.6. The molecule has 1 rings (SSSR count). The quantitative estimate of drug-likeness (QED) is 0.673. The van der Waals surface area contributed by atoms with Crippen LogP contribution in [0.15, 0.2) is 6.07 Å². The number of rotatable bonds is 3. The van der Waals surface area contributed by atoms with E-state index in [-0.39, 0.29) is 27.1 Å². The van der Waals surface area contributed by atoms with Crippen LogP contribution in [0, 0.1) is 3.57 Å². The number of methoxy groups -OCH3 is 1. The Hall–Kier alpha value is -0.830. The molecule has 0 bridgehead atoms. The van der Waals surface area contributed by atoms with Gasteiger partial charge >= 0.3 is 5.97 Å². The van der Waals surface area contributed by atoms with E-state index in [2.05, 4.69) is 9.72 Å². The zero-order chi connectivity index (χ0) is 12.3. The number of halogens is 3. The molecular weight excluding hydrogens is 333 g/mol. The molecule has 0 saturated carbocycles. The van der Waals surface area contributed by atoms with Crippen molar-refractivity contribution in [1.82, 2.24) is 4.98 Å². The predicted molar refractivity (Wildman–Crippen MR) is 61.1 cm³/mol. The van der Waals surface area contributed by atoms with E-state index in [1.807, 2.05) is 0 Å². The van der Waals surface area contributed by atoms with Crippen molar-refractivity contribution in [1.29, 1.82) is 0 Å². The second kappa shape index (κ2) is 5.48. The van der Waals surface area contributed by atoms with Gasteiger partial charge in [-0.25, -0.2) is 18.6 Å². The van der Waals surface area contributed by atoms with Gasteiger partial charge in [0.1, 0.15) is 5.69 Å². The molecule has 1 heterocycles. The molecule has 0 aromatic carbocycles. The van der Waals surface area contributed by atoms with E-state index < -0.39 is 12.4 Å². The van der Waals surface area contributed by atoms with Crippen LogP contribution in [-0.2, 0) is 11.3 Å². The third-order valence-electron chi connectivity index (χ3n) is 1.89. The average molecular weight is 342 g/mol. The van der Waals surface area contributed by atoms with Gasteiger partial charge in [-0.15, -0.1) is 0 Å². The van der Waals surface area contributed by atoms with Crippen molar-refractivity contribution < 1.29 is 18.3 Å². The molecular formula is C9H9F2IN2O2. The first-order valence-electron chi connectivity index (χ1n) is 4.27. The average Bonchev–Trinajstić information content (AvgIpc) is 2.26. The van der Waals surface area contributed by atoms with E-state index in [9.17, 15) is 13.6 Å². The number of esters is 1. The van der Waals surface area contributed by atoms with E-state index in [0.29, 0.717) is 0 Å². The van der Waals surface area contributed by atoms with Gasteiger partial charge in [0.15, 0.2) is 0 Å². The molecule has 0 fully saturated rings. The zero-order valence-electron chi connectivity index (χ0n) is 8.34. The van der Waals surface area contributed by atoms with Gasteiger partial charge < -0.3 is 10.5 Å². The molecule has 4 nitrogen and oxygen atoms in total. The molecule has 1 aromatic rings. The fourth-order valence-electron chi connectivity index (χ4n) is 1.17. The van der Waals surface area contributed by atoms with Gasteiger partial charge in [0, 0.05) is 10.1 Å². The number of pyridine rings is 1. The lowest BCUT2D eigenvalue weighted by Crippen LogP contribution is -2.13. The standard InChI is InChI=1S/C9H9F2IN2O2/c1-16-9(15)5-2-4(12)7(8(10)11)6(3-13)14-5/h2,8H,3,13H2,1H3. The number of carbonyl (C=O) groups is 1. The highest BCUT2D eigenvalue weighted by Gasteiger charge is 2.20. The van der Waals surface area contributed by atoms with Crippen molar-refractivity contribution in [2.75, 3.05) is 7.11 Å². The third-order valence-corrected chi connectivity index (χ3v) is 2.79. The third kappa shape index (κ3) is 2.64. The van der Waals surface area contributed by atoms with E-state index in [1.54, 1.807) is 22.6 Å². The minimum Gasteiger partial charge on any atom is -0.464 e. The molecule has 1 aromatic heterocycles. The summed E-state index contributed by atoms with van der Waals surface area (Å²) in [5.74, 6) is -0.673. The van der Waals surface area contributed by atoms with E-state index in [0.717, 1.165) is 0 Å². The Morgan fingerprint density at radius 2 is 2.31 bits per heavy atom. The number of hydrogen-bond donors (Lipinski definition) is 1. The molecule has 88 valence electrons. The number of carbonyl (C=O) groups excluding carboxylic acids is 1. The topological polar surface area (TPSA) is 65.2 Å². The van der Waals surface area contributed by atoms with Crippen LogP contribution in [-0.4, -0.2) is 18.1 Å². The maximum absolute atomic E-state index is 12.7. The highest BCUT2D eigenvalue weighted by atomic mass is 127. The maximum Gasteiger partial charge on any atom is 0.356 e. The van der Waals surface area contributed by atoms with Crippen molar-refractivity contribution in [3.05, 3.63) is 26.6 Å². The number of hydrogen-bond acceptors (Lipinski definition) is 4. The van der Waals surface area contributed by atoms with Crippen LogP contribution in [0.4, 0.5) is 8.78 Å². The summed E-state index contributed by atoms with van der Waals surface area (Å²) >= 11 is 1.72. The van der Waals surface area contributed by atoms with Crippen molar-refractivity contribution >= 4 is 28.6 Å². The van der Waals surface area contributed by atoms with Gasteiger partial charge in [0.25, 0.3) is 6.43 Å². The summed E-state index contributed by atoms with van der Waals surface area (Å²) in [5.41, 5.74) is 5.09. The number of nitrogens with two attached hydrogens (primary N) is 1. The first-order valence-corrected chi connectivity index (χ1v) is 5.35. The lowest BCUT2D eigenvalue weighted by atomic mass is 10.1. The molecule has 0 radical (unpaired) electrons. The smallest absolute Gasteiger partial charge is 0.356 e. The Labute approximate surface area is 104 Å². The molecule has 16 heavy (non-hydrogen) atoms.